The van der Waals surface area contributed by atoms with Gasteiger partial charge < -0.3 is 37.6 Å². The van der Waals surface area contributed by atoms with E-state index in [1.165, 1.54) is 0 Å². The van der Waals surface area contributed by atoms with E-state index >= 15 is 0 Å². The topological polar surface area (TPSA) is 214 Å². The van der Waals surface area contributed by atoms with Crippen molar-refractivity contribution >= 4 is 29.7 Å². The third-order valence-electron chi connectivity index (χ3n) is 6.27. The van der Waals surface area contributed by atoms with Gasteiger partial charge in [0.05, 0.1) is 6.04 Å². The molecule has 0 fully saturated rings. The van der Waals surface area contributed by atoms with Crippen LogP contribution in [-0.4, -0.2) is 70.6 Å². The molecule has 1 aromatic carbocycles. The predicted molar refractivity (Wildman–Crippen MR) is 141 cm³/mol. The van der Waals surface area contributed by atoms with Gasteiger partial charge in [-0.2, -0.15) is 0 Å². The van der Waals surface area contributed by atoms with E-state index in [-0.39, 0.29) is 25.2 Å². The molecule has 0 aliphatic heterocycles. The van der Waals surface area contributed by atoms with Gasteiger partial charge in [0.25, 0.3) is 0 Å². The van der Waals surface area contributed by atoms with Crippen LogP contribution < -0.4 is 27.4 Å². The number of carboxylic acid groups (broad SMARTS) is 2. The number of aliphatic carboxylic acids is 2. The molecule has 0 radical (unpaired) electrons. The molecule has 9 N–H and O–H groups in total. The molecule has 0 aliphatic rings. The first-order chi connectivity index (χ1) is 18.0. The summed E-state index contributed by atoms with van der Waals surface area (Å²) in [5, 5.41) is 25.9. The summed E-state index contributed by atoms with van der Waals surface area (Å²) in [4.78, 5) is 61.5. The lowest BCUT2D eigenvalue weighted by molar-refractivity contribution is -0.143. The van der Waals surface area contributed by atoms with Crippen LogP contribution >= 0.6 is 0 Å². The number of carbonyl (C=O) groups excluding carboxylic acids is 3. The number of rotatable bonds is 18. The van der Waals surface area contributed by atoms with Gasteiger partial charge in [0.15, 0.2) is 0 Å². The Morgan fingerprint density at radius 1 is 0.868 bits per heavy atom. The van der Waals surface area contributed by atoms with Crippen molar-refractivity contribution in [3.05, 3.63) is 35.9 Å². The minimum absolute atomic E-state index is 0.262. The van der Waals surface area contributed by atoms with E-state index in [1.807, 2.05) is 30.3 Å². The number of carbonyl (C=O) groups is 5. The molecule has 1 rings (SSSR count). The van der Waals surface area contributed by atoms with E-state index in [2.05, 4.69) is 16.0 Å². The molecule has 12 heteroatoms. The average molecular weight is 536 g/mol. The van der Waals surface area contributed by atoms with Gasteiger partial charge >= 0.3 is 11.9 Å². The highest BCUT2D eigenvalue weighted by atomic mass is 16.4. The van der Waals surface area contributed by atoms with Crippen LogP contribution in [0.2, 0.25) is 0 Å². The largest absolute Gasteiger partial charge is 0.481 e. The van der Waals surface area contributed by atoms with Gasteiger partial charge in [0.2, 0.25) is 17.7 Å². The summed E-state index contributed by atoms with van der Waals surface area (Å²) in [7, 11) is 0. The van der Waals surface area contributed by atoms with Crippen LogP contribution in [0.1, 0.15) is 57.9 Å². The zero-order valence-corrected chi connectivity index (χ0v) is 22.0. The minimum Gasteiger partial charge on any atom is -0.481 e. The molecule has 38 heavy (non-hydrogen) atoms. The number of hydrogen-bond acceptors (Lipinski definition) is 7. The van der Waals surface area contributed by atoms with Crippen LogP contribution in [0.5, 0.6) is 0 Å². The van der Waals surface area contributed by atoms with Crippen LogP contribution in [0.3, 0.4) is 0 Å². The monoisotopic (exact) mass is 535 g/mol. The van der Waals surface area contributed by atoms with E-state index in [4.69, 9.17) is 16.6 Å². The molecular weight excluding hydrogens is 494 g/mol. The summed E-state index contributed by atoms with van der Waals surface area (Å²) in [5.41, 5.74) is 12.5. The van der Waals surface area contributed by atoms with Crippen LogP contribution in [0, 0.1) is 5.92 Å². The lowest BCUT2D eigenvalue weighted by atomic mass is 9.96. The van der Waals surface area contributed by atoms with Gasteiger partial charge in [-0.1, -0.05) is 50.6 Å². The standard InChI is InChI=1S/C26H41N5O7/c1-3-16(2)22(25(36)30-20(26(37)38)12-13-21(32)33)31-24(35)19(11-7-8-14-27)29-23(34)18(28)15-17-9-5-4-6-10-17/h4-6,9-10,16,18-20,22H,3,7-8,11-15,27-28H2,1-2H3,(H,29,34)(H,30,36)(H,31,35)(H,32,33)(H,37,38). The highest BCUT2D eigenvalue weighted by Gasteiger charge is 2.32. The number of nitrogens with two attached hydrogens (primary N) is 2. The van der Waals surface area contributed by atoms with Crippen molar-refractivity contribution in [3.8, 4) is 0 Å². The summed E-state index contributed by atoms with van der Waals surface area (Å²) >= 11 is 0. The Kier molecular flexibility index (Phi) is 14.6. The van der Waals surface area contributed by atoms with E-state index < -0.39 is 60.2 Å². The van der Waals surface area contributed by atoms with Crippen molar-refractivity contribution in [2.45, 2.75) is 83.0 Å². The van der Waals surface area contributed by atoms with E-state index in [9.17, 15) is 29.1 Å². The second-order valence-corrected chi connectivity index (χ2v) is 9.35. The molecule has 0 bridgehead atoms. The molecule has 5 unspecified atom stereocenters. The first-order valence-electron chi connectivity index (χ1n) is 12.8. The number of benzene rings is 1. The minimum atomic E-state index is -1.43. The molecule has 212 valence electrons. The highest BCUT2D eigenvalue weighted by molar-refractivity contribution is 5.94. The molecule has 0 heterocycles. The number of nitrogens with one attached hydrogen (secondary N) is 3. The molecule has 0 aliphatic carbocycles. The second-order valence-electron chi connectivity index (χ2n) is 9.35. The summed E-state index contributed by atoms with van der Waals surface area (Å²) in [5.74, 6) is -4.84. The van der Waals surface area contributed by atoms with Crippen LogP contribution in [0.25, 0.3) is 0 Å². The molecule has 0 spiro atoms. The Bertz CT molecular complexity index is 928. The second kappa shape index (κ2) is 17.1. The summed E-state index contributed by atoms with van der Waals surface area (Å²) < 4.78 is 0. The van der Waals surface area contributed by atoms with Gasteiger partial charge in [0.1, 0.15) is 18.1 Å². The van der Waals surface area contributed by atoms with Gasteiger partial charge in [-0.15, -0.1) is 0 Å². The summed E-state index contributed by atoms with van der Waals surface area (Å²) in [6.45, 7) is 3.93. The third kappa shape index (κ3) is 11.7. The van der Waals surface area contributed by atoms with Gasteiger partial charge in [-0.25, -0.2) is 4.79 Å². The number of amides is 3. The van der Waals surface area contributed by atoms with Crippen molar-refractivity contribution in [1.29, 1.82) is 0 Å². The SMILES string of the molecule is CCC(C)C(NC(=O)C(CCCCN)NC(=O)C(N)Cc1ccccc1)C(=O)NC(CCC(=O)O)C(=O)O. The maximum absolute atomic E-state index is 13.3. The lowest BCUT2D eigenvalue weighted by Gasteiger charge is -2.28. The van der Waals surface area contributed by atoms with Gasteiger partial charge in [-0.05, 0) is 50.1 Å². The fraction of sp³-hybridized carbons (Fsp3) is 0.577. The molecule has 3 amide bonds. The molecule has 5 atom stereocenters. The zero-order chi connectivity index (χ0) is 28.7. The maximum atomic E-state index is 13.3. The quantitative estimate of drug-likeness (QED) is 0.127. The number of unbranched alkanes of at least 4 members (excludes halogenated alkanes) is 1. The molecule has 1 aromatic rings. The Labute approximate surface area is 222 Å². The van der Waals surface area contributed by atoms with E-state index in [0.717, 1.165) is 5.56 Å². The first-order valence-corrected chi connectivity index (χ1v) is 12.8. The molecular formula is C26H41N5O7. The molecule has 0 aromatic heterocycles. The lowest BCUT2D eigenvalue weighted by Crippen LogP contribution is -2.58. The van der Waals surface area contributed by atoms with Crippen LogP contribution in [-0.2, 0) is 30.4 Å². The van der Waals surface area contributed by atoms with Gasteiger partial charge in [0, 0.05) is 6.42 Å². The zero-order valence-electron chi connectivity index (χ0n) is 22.0. The molecule has 0 saturated carbocycles. The summed E-state index contributed by atoms with van der Waals surface area (Å²) in [6, 6.07) is 4.77. The van der Waals surface area contributed by atoms with Crippen molar-refractivity contribution in [3.63, 3.8) is 0 Å². The fourth-order valence-electron chi connectivity index (χ4n) is 3.74. The Hall–Kier alpha value is -3.51. The van der Waals surface area contributed by atoms with Crippen molar-refractivity contribution in [1.82, 2.24) is 16.0 Å². The predicted octanol–water partition coefficient (Wildman–Crippen LogP) is 0.135. The summed E-state index contributed by atoms with van der Waals surface area (Å²) in [6.07, 6.45) is 1.42. The molecule has 12 nitrogen and oxygen atoms in total. The van der Waals surface area contributed by atoms with Gasteiger partial charge in [-0.3, -0.25) is 19.2 Å². The highest BCUT2D eigenvalue weighted by Crippen LogP contribution is 2.11. The smallest absolute Gasteiger partial charge is 0.326 e. The average Bonchev–Trinajstić information content (AvgIpc) is 2.88. The van der Waals surface area contributed by atoms with Crippen LogP contribution in [0.15, 0.2) is 30.3 Å². The molecule has 0 saturated heterocycles. The van der Waals surface area contributed by atoms with Crippen molar-refractivity contribution in [2.75, 3.05) is 6.54 Å². The Morgan fingerprint density at radius 2 is 1.50 bits per heavy atom. The van der Waals surface area contributed by atoms with Crippen LogP contribution in [0.4, 0.5) is 0 Å². The van der Waals surface area contributed by atoms with Crippen molar-refractivity contribution in [2.24, 2.45) is 17.4 Å². The third-order valence-corrected chi connectivity index (χ3v) is 6.27. The normalized spacial score (nSPS) is 14.8. The Morgan fingerprint density at radius 3 is 2.05 bits per heavy atom. The van der Waals surface area contributed by atoms with E-state index in [0.29, 0.717) is 25.8 Å². The maximum Gasteiger partial charge on any atom is 0.326 e. The fourth-order valence-corrected chi connectivity index (χ4v) is 3.74. The first kappa shape index (κ1) is 32.5. The number of carboxylic acids is 2. The van der Waals surface area contributed by atoms with Crippen molar-refractivity contribution < 1.29 is 34.2 Å². The van der Waals surface area contributed by atoms with E-state index in [1.54, 1.807) is 13.8 Å². The number of hydrogen-bond donors (Lipinski definition) is 7. The Balaban J connectivity index is 2.99.